The van der Waals surface area contributed by atoms with E-state index in [1.165, 1.54) is 24.1 Å². The summed E-state index contributed by atoms with van der Waals surface area (Å²) in [5.41, 5.74) is 6.90. The Kier molecular flexibility index (Phi) is 4.92. The van der Waals surface area contributed by atoms with Crippen molar-refractivity contribution in [1.29, 1.82) is 0 Å². The van der Waals surface area contributed by atoms with Crippen LogP contribution in [-0.2, 0) is 30.0 Å². The van der Waals surface area contributed by atoms with Gasteiger partial charge in [-0.3, -0.25) is 9.67 Å². The maximum Gasteiger partial charge on any atom is 0.207 e. The van der Waals surface area contributed by atoms with Gasteiger partial charge in [0, 0.05) is 37.0 Å². The number of ether oxygens (including phenoxy) is 1. The molecule has 1 saturated carbocycles. The van der Waals surface area contributed by atoms with Gasteiger partial charge in [0.15, 0.2) is 0 Å². The average Bonchev–Trinajstić information content (AvgIpc) is 3.49. The van der Waals surface area contributed by atoms with Crippen molar-refractivity contribution in [3.05, 3.63) is 29.2 Å². The van der Waals surface area contributed by atoms with E-state index in [-0.39, 0.29) is 10.8 Å². The summed E-state index contributed by atoms with van der Waals surface area (Å²) in [4.78, 5) is 5.38. The monoisotopic (exact) mass is 421 g/mol. The molecule has 0 spiro atoms. The lowest BCUT2D eigenvalue weighted by atomic mass is 9.71. The van der Waals surface area contributed by atoms with Gasteiger partial charge in [0.25, 0.3) is 0 Å². The number of pyridine rings is 1. The first-order valence-electron chi connectivity index (χ1n) is 11.2. The van der Waals surface area contributed by atoms with Crippen LogP contribution >= 0.6 is 0 Å². The van der Waals surface area contributed by atoms with Crippen LogP contribution in [0.4, 0.5) is 0 Å². The molecule has 0 atom stereocenters. The predicted molar refractivity (Wildman–Crippen MR) is 117 cm³/mol. The number of fused-ring (bicyclic) bond motifs is 1. The van der Waals surface area contributed by atoms with E-state index in [1.54, 1.807) is 7.11 Å². The van der Waals surface area contributed by atoms with Gasteiger partial charge in [-0.15, -0.1) is 10.2 Å². The molecule has 0 amide bonds. The van der Waals surface area contributed by atoms with Crippen LogP contribution in [-0.4, -0.2) is 49.1 Å². The molecule has 8 nitrogen and oxygen atoms in total. The molecule has 5 rings (SSSR count). The molecular weight excluding hydrogens is 390 g/mol. The molecule has 164 valence electrons. The zero-order chi connectivity index (χ0) is 21.6. The van der Waals surface area contributed by atoms with E-state index in [2.05, 4.69) is 45.6 Å². The third kappa shape index (κ3) is 3.37. The Hall–Kier alpha value is -2.61. The van der Waals surface area contributed by atoms with Gasteiger partial charge in [-0.2, -0.15) is 10.3 Å². The Labute approximate surface area is 182 Å². The van der Waals surface area contributed by atoms with Crippen LogP contribution in [0.3, 0.4) is 0 Å². The highest BCUT2D eigenvalue weighted by atomic mass is 16.5. The van der Waals surface area contributed by atoms with Gasteiger partial charge in [-0.05, 0) is 54.4 Å². The molecule has 0 bridgehead atoms. The van der Waals surface area contributed by atoms with E-state index >= 15 is 0 Å². The molecule has 2 aliphatic carbocycles. The molecule has 1 fully saturated rings. The van der Waals surface area contributed by atoms with Gasteiger partial charge in [-0.25, -0.2) is 0 Å². The van der Waals surface area contributed by atoms with Crippen LogP contribution in [0.1, 0.15) is 62.9 Å². The summed E-state index contributed by atoms with van der Waals surface area (Å²) in [7, 11) is 3.79. The van der Waals surface area contributed by atoms with E-state index in [9.17, 15) is 0 Å². The van der Waals surface area contributed by atoms with Crippen LogP contribution in [0.25, 0.3) is 22.6 Å². The summed E-state index contributed by atoms with van der Waals surface area (Å²) in [5, 5.41) is 19.9. The number of nitrogens with zero attached hydrogens (tertiary/aromatic N) is 6. The SMILES string of the molecule is COCC1(c2nc3c(c(-c4ccnn4C)c2-c2nn[nH]n2)CC(C)(C)CC3)CCCC1. The normalized spacial score (nSPS) is 19.5. The smallest absolute Gasteiger partial charge is 0.207 e. The molecule has 1 N–H and O–H groups in total. The molecule has 0 unspecified atom stereocenters. The van der Waals surface area contributed by atoms with Crippen LogP contribution in [0.15, 0.2) is 12.3 Å². The van der Waals surface area contributed by atoms with Crippen molar-refractivity contribution in [2.75, 3.05) is 13.7 Å². The third-order valence-corrected chi connectivity index (χ3v) is 7.21. The molecular formula is C23H31N7O. The topological polar surface area (TPSA) is 94.4 Å². The second-order valence-corrected chi connectivity index (χ2v) is 9.97. The van der Waals surface area contributed by atoms with Gasteiger partial charge < -0.3 is 4.74 Å². The zero-order valence-electron chi connectivity index (χ0n) is 18.9. The molecule has 0 aromatic carbocycles. The number of hydrogen-bond donors (Lipinski definition) is 1. The molecule has 8 heteroatoms. The quantitative estimate of drug-likeness (QED) is 0.676. The van der Waals surface area contributed by atoms with Crippen molar-refractivity contribution in [3.8, 4) is 22.6 Å². The van der Waals surface area contributed by atoms with Crippen LogP contribution in [0.2, 0.25) is 0 Å². The number of hydrogen-bond acceptors (Lipinski definition) is 6. The van der Waals surface area contributed by atoms with Crippen molar-refractivity contribution >= 4 is 0 Å². The Bertz CT molecular complexity index is 1080. The second-order valence-electron chi connectivity index (χ2n) is 9.97. The van der Waals surface area contributed by atoms with Crippen LogP contribution in [0, 0.1) is 5.41 Å². The average molecular weight is 422 g/mol. The van der Waals surface area contributed by atoms with Crippen LogP contribution < -0.4 is 0 Å². The number of aromatic amines is 1. The van der Waals surface area contributed by atoms with Gasteiger partial charge >= 0.3 is 0 Å². The summed E-state index contributed by atoms with van der Waals surface area (Å²) in [6, 6.07) is 2.09. The lowest BCUT2D eigenvalue weighted by molar-refractivity contribution is 0.129. The summed E-state index contributed by atoms with van der Waals surface area (Å²) >= 11 is 0. The fourth-order valence-electron chi connectivity index (χ4n) is 5.64. The minimum atomic E-state index is -0.125. The van der Waals surface area contributed by atoms with Gasteiger partial charge in [0.1, 0.15) is 0 Å². The van der Waals surface area contributed by atoms with Crippen molar-refractivity contribution in [3.63, 3.8) is 0 Å². The molecule has 3 aromatic heterocycles. The maximum absolute atomic E-state index is 5.77. The van der Waals surface area contributed by atoms with Gasteiger partial charge in [0.2, 0.25) is 5.82 Å². The highest BCUT2D eigenvalue weighted by molar-refractivity contribution is 5.84. The summed E-state index contributed by atoms with van der Waals surface area (Å²) in [6.07, 6.45) is 9.44. The minimum absolute atomic E-state index is 0.125. The minimum Gasteiger partial charge on any atom is -0.384 e. The number of H-pyrrole nitrogens is 1. The number of rotatable bonds is 5. The number of nitrogens with one attached hydrogen (secondary N) is 1. The first-order chi connectivity index (χ1) is 14.9. The number of tetrazole rings is 1. The second kappa shape index (κ2) is 7.51. The molecule has 0 aliphatic heterocycles. The number of aromatic nitrogens is 7. The highest BCUT2D eigenvalue weighted by Crippen LogP contribution is 2.49. The first kappa shape index (κ1) is 20.3. The van der Waals surface area contributed by atoms with Crippen molar-refractivity contribution in [1.82, 2.24) is 35.4 Å². The van der Waals surface area contributed by atoms with Crippen molar-refractivity contribution in [2.24, 2.45) is 12.5 Å². The molecule has 0 radical (unpaired) electrons. The zero-order valence-corrected chi connectivity index (χ0v) is 18.9. The summed E-state index contributed by atoms with van der Waals surface area (Å²) < 4.78 is 7.71. The molecule has 3 aromatic rings. The predicted octanol–water partition coefficient (Wildman–Crippen LogP) is 3.64. The van der Waals surface area contributed by atoms with E-state index < -0.39 is 0 Å². The lowest BCUT2D eigenvalue weighted by Crippen LogP contribution is -2.33. The van der Waals surface area contributed by atoms with Gasteiger partial charge in [-0.1, -0.05) is 26.7 Å². The standard InChI is InChI=1S/C23H31N7O/c1-22(2)11-7-16-15(13-22)18(17-8-12-24-30(17)3)19(21-26-28-29-27-21)20(25-16)23(14-31-4)9-5-6-10-23/h8,12H,5-7,9-11,13-14H2,1-4H3,(H,26,27,28,29). The largest absolute Gasteiger partial charge is 0.384 e. The summed E-state index contributed by atoms with van der Waals surface area (Å²) in [5.74, 6) is 0.604. The highest BCUT2D eigenvalue weighted by Gasteiger charge is 2.43. The van der Waals surface area contributed by atoms with E-state index in [1.807, 2.05) is 17.9 Å². The van der Waals surface area contributed by atoms with Crippen molar-refractivity contribution in [2.45, 2.75) is 64.2 Å². The fraction of sp³-hybridized carbons (Fsp3) is 0.609. The summed E-state index contributed by atoms with van der Waals surface area (Å²) in [6.45, 7) is 5.34. The maximum atomic E-state index is 5.77. The lowest BCUT2D eigenvalue weighted by Gasteiger charge is -2.36. The van der Waals surface area contributed by atoms with E-state index in [0.717, 1.165) is 54.6 Å². The van der Waals surface area contributed by atoms with Crippen molar-refractivity contribution < 1.29 is 4.74 Å². The number of aryl methyl sites for hydroxylation is 2. The Morgan fingerprint density at radius 2 is 1.97 bits per heavy atom. The Morgan fingerprint density at radius 1 is 1.16 bits per heavy atom. The Balaban J connectivity index is 1.88. The first-order valence-corrected chi connectivity index (χ1v) is 11.2. The van der Waals surface area contributed by atoms with E-state index in [0.29, 0.717) is 12.4 Å². The van der Waals surface area contributed by atoms with Crippen LogP contribution in [0.5, 0.6) is 0 Å². The third-order valence-electron chi connectivity index (χ3n) is 7.21. The van der Waals surface area contributed by atoms with Gasteiger partial charge in [0.05, 0.1) is 23.6 Å². The number of methoxy groups -OCH3 is 1. The van der Waals surface area contributed by atoms with E-state index in [4.69, 9.17) is 9.72 Å². The molecule has 0 saturated heterocycles. The fourth-order valence-corrected chi connectivity index (χ4v) is 5.64. The Morgan fingerprint density at radius 3 is 2.61 bits per heavy atom. The molecule has 3 heterocycles. The molecule has 2 aliphatic rings. The molecule has 31 heavy (non-hydrogen) atoms.